The van der Waals surface area contributed by atoms with Crippen LogP contribution >= 0.6 is 0 Å². The lowest BCUT2D eigenvalue weighted by Crippen LogP contribution is -2.34. The molecule has 0 aliphatic carbocycles. The van der Waals surface area contributed by atoms with Crippen LogP contribution < -0.4 is 0 Å². The molecule has 0 atom stereocenters. The van der Waals surface area contributed by atoms with E-state index in [2.05, 4.69) is 20.4 Å². The van der Waals surface area contributed by atoms with Crippen molar-refractivity contribution in [1.29, 1.82) is 0 Å². The first-order valence-electron chi connectivity index (χ1n) is 5.67. The van der Waals surface area contributed by atoms with Crippen molar-refractivity contribution < 1.29 is 8.42 Å². The Labute approximate surface area is 94.2 Å². The van der Waals surface area contributed by atoms with Gasteiger partial charge in [0.2, 0.25) is 10.0 Å². The van der Waals surface area contributed by atoms with Crippen molar-refractivity contribution in [3.63, 3.8) is 0 Å². The minimum atomic E-state index is -3.10. The zero-order valence-corrected chi connectivity index (χ0v) is 10.7. The second-order valence-corrected chi connectivity index (χ2v) is 5.69. The van der Waals surface area contributed by atoms with Gasteiger partial charge in [0.15, 0.2) is 0 Å². The van der Waals surface area contributed by atoms with Crippen molar-refractivity contribution in [3.05, 3.63) is 12.7 Å². The Bertz CT molecular complexity index is 252. The molecular weight excluding hydrogens is 210 g/mol. The normalized spacial score (nSPS) is 11.9. The van der Waals surface area contributed by atoms with E-state index in [1.54, 1.807) is 4.31 Å². The molecule has 15 heavy (non-hydrogen) atoms. The molecule has 0 saturated heterocycles. The number of sulfonamides is 1. The van der Waals surface area contributed by atoms with Crippen LogP contribution in [0.4, 0.5) is 0 Å². The first-order chi connectivity index (χ1) is 7.08. The molecule has 90 valence electrons. The van der Waals surface area contributed by atoms with Gasteiger partial charge in [-0.25, -0.2) is 12.7 Å². The van der Waals surface area contributed by atoms with Crippen LogP contribution in [0.5, 0.6) is 0 Å². The minimum absolute atomic E-state index is 0.0560. The molecule has 0 fully saturated rings. The molecule has 0 rings (SSSR count). The maximum atomic E-state index is 11.8. The molecule has 0 amide bonds. The molecule has 0 N–H and O–H groups in total. The van der Waals surface area contributed by atoms with Gasteiger partial charge in [0.05, 0.1) is 5.75 Å². The Morgan fingerprint density at radius 1 is 1.13 bits per heavy atom. The Morgan fingerprint density at radius 2 is 1.60 bits per heavy atom. The predicted octanol–water partition coefficient (Wildman–Crippen LogP) is 2.40. The fraction of sp³-hybridized carbons (Fsp3) is 0.818. The maximum absolute atomic E-state index is 11.8. The maximum Gasteiger partial charge on any atom is 0.217 e. The molecule has 4 heteroatoms. The molecule has 0 aliphatic heterocycles. The Hall–Kier alpha value is -0.350. The summed E-state index contributed by atoms with van der Waals surface area (Å²) in [4.78, 5) is 0. The summed E-state index contributed by atoms with van der Waals surface area (Å²) in [6.45, 7) is 8.91. The predicted molar refractivity (Wildman–Crippen MR) is 65.4 cm³/mol. The topological polar surface area (TPSA) is 37.4 Å². The minimum Gasteiger partial charge on any atom is -0.212 e. The summed E-state index contributed by atoms with van der Waals surface area (Å²) in [5.74, 6) is 0.0560. The van der Waals surface area contributed by atoms with Gasteiger partial charge in [-0.05, 0) is 12.8 Å². The number of hydrogen-bond donors (Lipinski definition) is 0. The monoisotopic (exact) mass is 233 g/mol. The van der Waals surface area contributed by atoms with Gasteiger partial charge in [0, 0.05) is 13.1 Å². The molecule has 0 bridgehead atoms. The molecule has 0 unspecified atom stereocenters. The van der Waals surface area contributed by atoms with E-state index < -0.39 is 10.0 Å². The van der Waals surface area contributed by atoms with Crippen molar-refractivity contribution >= 4 is 10.0 Å². The van der Waals surface area contributed by atoms with E-state index in [4.69, 9.17) is 0 Å². The lowest BCUT2D eigenvalue weighted by Gasteiger charge is -2.20. The van der Waals surface area contributed by atoms with Crippen molar-refractivity contribution in [3.8, 4) is 0 Å². The third-order valence-electron chi connectivity index (χ3n) is 2.24. The second kappa shape index (κ2) is 7.88. The summed E-state index contributed by atoms with van der Waals surface area (Å²) in [7, 11) is -3.10. The smallest absolute Gasteiger partial charge is 0.212 e. The number of unbranched alkanes of at least 4 members (excludes halogenated alkanes) is 2. The SMILES string of the molecule is C=CCS(=O)(=O)N(CCCC)CCCC. The summed E-state index contributed by atoms with van der Waals surface area (Å²) in [6, 6.07) is 0. The highest BCUT2D eigenvalue weighted by Crippen LogP contribution is 2.06. The fourth-order valence-electron chi connectivity index (χ4n) is 1.31. The van der Waals surface area contributed by atoms with Crippen molar-refractivity contribution in [2.24, 2.45) is 0 Å². The highest BCUT2D eigenvalue weighted by atomic mass is 32.2. The van der Waals surface area contributed by atoms with E-state index in [9.17, 15) is 8.42 Å². The molecule has 3 nitrogen and oxygen atoms in total. The van der Waals surface area contributed by atoms with Gasteiger partial charge in [-0.2, -0.15) is 0 Å². The van der Waals surface area contributed by atoms with E-state index in [0.717, 1.165) is 25.7 Å². The number of hydrogen-bond acceptors (Lipinski definition) is 2. The van der Waals surface area contributed by atoms with Crippen LogP contribution in [0.25, 0.3) is 0 Å². The third kappa shape index (κ3) is 5.95. The van der Waals surface area contributed by atoms with Crippen LogP contribution in [-0.2, 0) is 10.0 Å². The zero-order valence-electron chi connectivity index (χ0n) is 9.91. The zero-order chi connectivity index (χ0) is 11.7. The summed E-state index contributed by atoms with van der Waals surface area (Å²) in [5.41, 5.74) is 0. The standard InChI is InChI=1S/C11H23NO2S/c1-4-7-9-12(10-8-5-2)15(13,14)11-6-3/h6H,3-5,7-11H2,1-2H3. The first-order valence-corrected chi connectivity index (χ1v) is 7.28. The average Bonchev–Trinajstić information content (AvgIpc) is 2.17. The van der Waals surface area contributed by atoms with Crippen molar-refractivity contribution in [2.75, 3.05) is 18.8 Å². The summed E-state index contributed by atoms with van der Waals surface area (Å²) in [6.07, 6.45) is 5.36. The van der Waals surface area contributed by atoms with Crippen LogP contribution in [0.2, 0.25) is 0 Å². The third-order valence-corrected chi connectivity index (χ3v) is 4.05. The second-order valence-electron chi connectivity index (χ2n) is 3.67. The number of nitrogens with zero attached hydrogens (tertiary/aromatic N) is 1. The molecule has 0 aromatic rings. The molecule has 0 spiro atoms. The summed E-state index contributed by atoms with van der Waals surface area (Å²) >= 11 is 0. The number of rotatable bonds is 9. The lowest BCUT2D eigenvalue weighted by molar-refractivity contribution is 0.397. The van der Waals surface area contributed by atoms with E-state index >= 15 is 0 Å². The molecule has 0 heterocycles. The van der Waals surface area contributed by atoms with Crippen molar-refractivity contribution in [1.82, 2.24) is 4.31 Å². The van der Waals surface area contributed by atoms with Gasteiger partial charge in [-0.1, -0.05) is 32.8 Å². The van der Waals surface area contributed by atoms with Gasteiger partial charge >= 0.3 is 0 Å². The van der Waals surface area contributed by atoms with Crippen LogP contribution in [-0.4, -0.2) is 31.6 Å². The molecule has 0 aliphatic rings. The largest absolute Gasteiger partial charge is 0.217 e. The molecule has 0 aromatic heterocycles. The van der Waals surface area contributed by atoms with Gasteiger partial charge in [0.1, 0.15) is 0 Å². The summed E-state index contributed by atoms with van der Waals surface area (Å²) < 4.78 is 25.2. The molecule has 0 aromatic carbocycles. The Morgan fingerprint density at radius 3 is 1.93 bits per heavy atom. The molecule has 0 radical (unpaired) electrons. The molecule has 0 saturated carbocycles. The Kier molecular flexibility index (Phi) is 7.70. The van der Waals surface area contributed by atoms with Gasteiger partial charge in [-0.3, -0.25) is 0 Å². The van der Waals surface area contributed by atoms with Crippen LogP contribution in [0.3, 0.4) is 0 Å². The van der Waals surface area contributed by atoms with Crippen LogP contribution in [0.1, 0.15) is 39.5 Å². The first kappa shape index (κ1) is 14.6. The quantitative estimate of drug-likeness (QED) is 0.573. The van der Waals surface area contributed by atoms with Crippen LogP contribution in [0, 0.1) is 0 Å². The van der Waals surface area contributed by atoms with E-state index in [0.29, 0.717) is 13.1 Å². The fourth-order valence-corrected chi connectivity index (χ4v) is 2.64. The lowest BCUT2D eigenvalue weighted by atomic mass is 10.3. The van der Waals surface area contributed by atoms with Gasteiger partial charge in [0.25, 0.3) is 0 Å². The highest BCUT2D eigenvalue weighted by Gasteiger charge is 2.18. The van der Waals surface area contributed by atoms with E-state index in [-0.39, 0.29) is 5.75 Å². The van der Waals surface area contributed by atoms with E-state index in [1.807, 2.05) is 0 Å². The summed E-state index contributed by atoms with van der Waals surface area (Å²) in [5, 5.41) is 0. The average molecular weight is 233 g/mol. The van der Waals surface area contributed by atoms with E-state index in [1.165, 1.54) is 6.08 Å². The highest BCUT2D eigenvalue weighted by molar-refractivity contribution is 7.89. The molecular formula is C11H23NO2S. The van der Waals surface area contributed by atoms with Crippen LogP contribution in [0.15, 0.2) is 12.7 Å². The van der Waals surface area contributed by atoms with Crippen molar-refractivity contribution in [2.45, 2.75) is 39.5 Å². The van der Waals surface area contributed by atoms with Gasteiger partial charge < -0.3 is 0 Å². The van der Waals surface area contributed by atoms with Gasteiger partial charge in [-0.15, -0.1) is 6.58 Å². The Balaban J connectivity index is 4.38.